The zero-order valence-corrected chi connectivity index (χ0v) is 17.7. The number of aromatic amines is 1. The summed E-state index contributed by atoms with van der Waals surface area (Å²) >= 11 is 0. The number of methoxy groups -OCH3 is 1. The van der Waals surface area contributed by atoms with Crippen molar-refractivity contribution in [2.75, 3.05) is 13.4 Å². The maximum Gasteiger partial charge on any atom is 0.290 e. The lowest BCUT2D eigenvalue weighted by atomic mass is 10.0. The quantitative estimate of drug-likeness (QED) is 0.612. The number of rotatable bonds is 4. The molecule has 0 amide bonds. The van der Waals surface area contributed by atoms with E-state index in [1.54, 1.807) is 25.3 Å². The van der Waals surface area contributed by atoms with Crippen LogP contribution in [0, 0.1) is 0 Å². The van der Waals surface area contributed by atoms with Gasteiger partial charge in [-0.25, -0.2) is 8.42 Å². The van der Waals surface area contributed by atoms with Gasteiger partial charge < -0.3 is 9.84 Å². The SMILES string of the molecule is CCC.COc1cc(-c2ccc(-c3cccc(S(C)(=O)=O)c3)cc2)[nH]n1.O=CO. The predicted octanol–water partition coefficient (Wildman–Crippen LogP) is 4.27. The molecule has 0 saturated carbocycles. The van der Waals surface area contributed by atoms with Crippen LogP contribution in [-0.4, -0.2) is 43.6 Å². The van der Waals surface area contributed by atoms with Gasteiger partial charge in [-0.1, -0.05) is 56.7 Å². The molecule has 2 N–H and O–H groups in total. The van der Waals surface area contributed by atoms with E-state index in [4.69, 9.17) is 14.6 Å². The first-order valence-corrected chi connectivity index (χ1v) is 10.8. The minimum atomic E-state index is -3.21. The van der Waals surface area contributed by atoms with Gasteiger partial charge in [-0.2, -0.15) is 0 Å². The number of nitrogens with zero attached hydrogens (tertiary/aromatic N) is 1. The Morgan fingerprint density at radius 3 is 2.07 bits per heavy atom. The summed E-state index contributed by atoms with van der Waals surface area (Å²) in [4.78, 5) is 8.68. The first kappa shape index (κ1) is 23.9. The molecule has 8 heteroatoms. The first-order valence-electron chi connectivity index (χ1n) is 8.88. The van der Waals surface area contributed by atoms with E-state index in [0.717, 1.165) is 22.4 Å². The highest BCUT2D eigenvalue weighted by atomic mass is 32.2. The molecule has 1 heterocycles. The Hall–Kier alpha value is -3.13. The van der Waals surface area contributed by atoms with E-state index >= 15 is 0 Å². The van der Waals surface area contributed by atoms with Gasteiger partial charge >= 0.3 is 0 Å². The lowest BCUT2D eigenvalue weighted by Gasteiger charge is -2.05. The number of hydrogen-bond acceptors (Lipinski definition) is 5. The molecule has 0 fully saturated rings. The summed E-state index contributed by atoms with van der Waals surface area (Å²) in [5.74, 6) is 0.532. The maximum absolute atomic E-state index is 11.7. The molecule has 0 spiro atoms. The molecular formula is C21H26N2O5S. The molecule has 3 aromatic rings. The highest BCUT2D eigenvalue weighted by molar-refractivity contribution is 7.90. The fourth-order valence-electron chi connectivity index (χ4n) is 2.30. The molecule has 0 radical (unpaired) electrons. The number of carboxylic acid groups (broad SMARTS) is 1. The molecule has 156 valence electrons. The number of ether oxygens (including phenoxy) is 1. The summed E-state index contributed by atoms with van der Waals surface area (Å²) in [6.45, 7) is 4.00. The second kappa shape index (κ2) is 11.7. The molecule has 0 bridgehead atoms. The van der Waals surface area contributed by atoms with Crippen molar-refractivity contribution in [1.82, 2.24) is 10.2 Å². The van der Waals surface area contributed by atoms with E-state index in [0.29, 0.717) is 10.8 Å². The van der Waals surface area contributed by atoms with Crippen LogP contribution >= 0.6 is 0 Å². The Kier molecular flexibility index (Phi) is 9.61. The van der Waals surface area contributed by atoms with Crippen molar-refractivity contribution in [3.63, 3.8) is 0 Å². The Morgan fingerprint density at radius 2 is 1.59 bits per heavy atom. The highest BCUT2D eigenvalue weighted by Crippen LogP contribution is 2.26. The van der Waals surface area contributed by atoms with Crippen LogP contribution < -0.4 is 4.74 Å². The number of hydrogen-bond donors (Lipinski definition) is 2. The molecule has 2 aromatic carbocycles. The van der Waals surface area contributed by atoms with Crippen LogP contribution in [0.3, 0.4) is 0 Å². The van der Waals surface area contributed by atoms with E-state index in [1.807, 2.05) is 36.4 Å². The van der Waals surface area contributed by atoms with Gasteiger partial charge in [0.15, 0.2) is 9.84 Å². The zero-order chi connectivity index (χ0) is 21.9. The van der Waals surface area contributed by atoms with Crippen LogP contribution in [0.1, 0.15) is 20.3 Å². The number of benzene rings is 2. The van der Waals surface area contributed by atoms with Crippen molar-refractivity contribution < 1.29 is 23.1 Å². The summed E-state index contributed by atoms with van der Waals surface area (Å²) in [6.07, 6.45) is 2.46. The van der Waals surface area contributed by atoms with Gasteiger partial charge in [0.05, 0.1) is 17.7 Å². The molecule has 0 unspecified atom stereocenters. The monoisotopic (exact) mass is 418 g/mol. The van der Waals surface area contributed by atoms with Gasteiger partial charge in [0, 0.05) is 12.3 Å². The molecule has 0 aliphatic carbocycles. The second-order valence-electron chi connectivity index (χ2n) is 6.01. The summed E-state index contributed by atoms with van der Waals surface area (Å²) in [7, 11) is -1.64. The largest absolute Gasteiger partial charge is 0.483 e. The Balaban J connectivity index is 0.000000626. The molecule has 7 nitrogen and oxygen atoms in total. The van der Waals surface area contributed by atoms with Gasteiger partial charge in [0.1, 0.15) is 0 Å². The summed E-state index contributed by atoms with van der Waals surface area (Å²) in [5.41, 5.74) is 3.65. The number of carbonyl (C=O) groups is 1. The lowest BCUT2D eigenvalue weighted by molar-refractivity contribution is -0.122. The third-order valence-corrected chi connectivity index (χ3v) is 4.67. The van der Waals surface area contributed by atoms with Crippen molar-refractivity contribution >= 4 is 16.3 Å². The molecule has 29 heavy (non-hydrogen) atoms. The number of aromatic nitrogens is 2. The molecule has 3 rings (SSSR count). The normalized spacial score (nSPS) is 10.1. The van der Waals surface area contributed by atoms with Gasteiger partial charge in [0.2, 0.25) is 5.88 Å². The number of sulfone groups is 1. The van der Waals surface area contributed by atoms with Crippen LogP contribution in [0.5, 0.6) is 5.88 Å². The van der Waals surface area contributed by atoms with Gasteiger partial charge in [-0.05, 0) is 28.8 Å². The van der Waals surface area contributed by atoms with Crippen molar-refractivity contribution in [1.29, 1.82) is 0 Å². The minimum absolute atomic E-state index is 0.250. The minimum Gasteiger partial charge on any atom is -0.483 e. The van der Waals surface area contributed by atoms with Crippen LogP contribution in [0.15, 0.2) is 59.5 Å². The number of nitrogens with one attached hydrogen (secondary N) is 1. The van der Waals surface area contributed by atoms with Crippen LogP contribution in [0.25, 0.3) is 22.4 Å². The van der Waals surface area contributed by atoms with Crippen LogP contribution in [0.2, 0.25) is 0 Å². The van der Waals surface area contributed by atoms with Crippen molar-refractivity contribution in [2.24, 2.45) is 0 Å². The second-order valence-corrected chi connectivity index (χ2v) is 8.03. The molecule has 0 atom stereocenters. The van der Waals surface area contributed by atoms with Gasteiger partial charge in [0.25, 0.3) is 6.47 Å². The Bertz CT molecular complexity index is 996. The van der Waals surface area contributed by atoms with E-state index < -0.39 is 9.84 Å². The van der Waals surface area contributed by atoms with Crippen molar-refractivity contribution in [3.05, 3.63) is 54.6 Å². The third-order valence-electron chi connectivity index (χ3n) is 3.55. The Morgan fingerprint density at radius 1 is 1.03 bits per heavy atom. The van der Waals surface area contributed by atoms with Crippen molar-refractivity contribution in [2.45, 2.75) is 25.2 Å². The average Bonchev–Trinajstić information content (AvgIpc) is 3.18. The van der Waals surface area contributed by atoms with E-state index in [1.165, 1.54) is 12.7 Å². The van der Waals surface area contributed by atoms with Gasteiger partial charge in [-0.15, -0.1) is 5.10 Å². The summed E-state index contributed by atoms with van der Waals surface area (Å²) < 4.78 is 28.4. The zero-order valence-electron chi connectivity index (χ0n) is 16.9. The molecule has 0 aliphatic rings. The van der Waals surface area contributed by atoms with E-state index in [-0.39, 0.29) is 6.47 Å². The van der Waals surface area contributed by atoms with E-state index in [9.17, 15) is 8.42 Å². The van der Waals surface area contributed by atoms with Gasteiger partial charge in [-0.3, -0.25) is 9.89 Å². The summed E-state index contributed by atoms with van der Waals surface area (Å²) in [6, 6.07) is 16.5. The van der Waals surface area contributed by atoms with Crippen molar-refractivity contribution in [3.8, 4) is 28.3 Å². The summed E-state index contributed by atoms with van der Waals surface area (Å²) in [5, 5.41) is 13.8. The average molecular weight is 419 g/mol. The maximum atomic E-state index is 11.7. The van der Waals surface area contributed by atoms with E-state index in [2.05, 4.69) is 24.0 Å². The molecule has 1 aromatic heterocycles. The smallest absolute Gasteiger partial charge is 0.290 e. The molecular weight excluding hydrogens is 392 g/mol. The number of H-pyrrole nitrogens is 1. The standard InChI is InChI=1S/C17H16N2O3S.C3H8.CH2O2/c1-22-17-11-16(18-19-17)13-8-6-12(7-9-13)14-4-3-5-15(10-14)23(2,20)21;1-3-2;2-1-3/h3-11H,1-2H3,(H,18,19);3H2,1-2H3;1H,(H,2,3). The van der Waals surface area contributed by atoms with Crippen LogP contribution in [-0.2, 0) is 14.6 Å². The molecule has 0 aliphatic heterocycles. The lowest BCUT2D eigenvalue weighted by Crippen LogP contribution is -1.96. The van der Waals surface area contributed by atoms with Crippen LogP contribution in [0.4, 0.5) is 0 Å². The Labute approximate surface area is 171 Å². The highest BCUT2D eigenvalue weighted by Gasteiger charge is 2.09. The topological polar surface area (TPSA) is 109 Å². The first-order chi connectivity index (χ1) is 13.8. The third kappa shape index (κ3) is 7.42. The predicted molar refractivity (Wildman–Crippen MR) is 114 cm³/mol. The molecule has 0 saturated heterocycles. The fraction of sp³-hybridized carbons (Fsp3) is 0.238. The fourth-order valence-corrected chi connectivity index (χ4v) is 2.97.